The average molecular weight is 1070 g/mol. The van der Waals surface area contributed by atoms with Gasteiger partial charge in [0.1, 0.15) is 12.7 Å². The molecule has 0 spiro atoms. The zero-order valence-electron chi connectivity index (χ0n) is 48.3. The zero-order chi connectivity index (χ0) is 54.1. The maximum Gasteiger partial charge on any atom is 0.472 e. The Labute approximate surface area is 455 Å². The van der Waals surface area contributed by atoms with Gasteiger partial charge in [0.05, 0.1) is 19.8 Å². The molecule has 0 bridgehead atoms. The van der Waals surface area contributed by atoms with Crippen molar-refractivity contribution >= 4 is 25.7 Å². The van der Waals surface area contributed by atoms with Crippen LogP contribution < -0.4 is 0 Å². The molecule has 0 saturated carbocycles. The van der Waals surface area contributed by atoms with Crippen molar-refractivity contribution in [2.75, 3.05) is 26.4 Å². The first-order valence-corrected chi connectivity index (χ1v) is 32.7. The van der Waals surface area contributed by atoms with E-state index in [9.17, 15) is 28.9 Å². The fraction of sp³-hybridized carbons (Fsp3) is 0.887. The summed E-state index contributed by atoms with van der Waals surface area (Å²) < 4.78 is 39.6. The van der Waals surface area contributed by atoms with Crippen LogP contribution in [-0.2, 0) is 42.2 Å². The second-order valence-corrected chi connectivity index (χ2v) is 22.7. The lowest BCUT2D eigenvalue weighted by atomic mass is 10.0. The van der Waals surface area contributed by atoms with E-state index in [1.165, 1.54) is 173 Å². The van der Waals surface area contributed by atoms with E-state index >= 15 is 0 Å². The largest absolute Gasteiger partial charge is 0.472 e. The highest BCUT2D eigenvalue weighted by Crippen LogP contribution is 2.43. The molecule has 0 saturated heterocycles. The highest BCUT2D eigenvalue weighted by molar-refractivity contribution is 7.47. The molecule has 436 valence electrons. The van der Waals surface area contributed by atoms with E-state index in [1.54, 1.807) is 0 Å². The molecule has 0 fully saturated rings. The number of allylic oxidation sites excluding steroid dienone is 4. The maximum atomic E-state index is 12.9. The van der Waals surface area contributed by atoms with Gasteiger partial charge in [0.15, 0.2) is 6.10 Å². The Balaban J connectivity index is 4.67. The molecule has 0 heterocycles. The van der Waals surface area contributed by atoms with Gasteiger partial charge in [-0.25, -0.2) is 4.57 Å². The Morgan fingerprint density at radius 2 is 0.622 bits per heavy atom. The highest BCUT2D eigenvalue weighted by atomic mass is 31.2. The second-order valence-electron chi connectivity index (χ2n) is 21.2. The summed E-state index contributed by atoms with van der Waals surface area (Å²) in [4.78, 5) is 48.6. The molecule has 0 aromatic carbocycles. The lowest BCUT2D eigenvalue weighted by molar-refractivity contribution is -0.161. The number of carbonyl (C=O) groups excluding carboxylic acids is 3. The molecule has 0 radical (unpaired) electrons. The molecule has 0 amide bonds. The van der Waals surface area contributed by atoms with Crippen molar-refractivity contribution in [2.24, 2.45) is 0 Å². The van der Waals surface area contributed by atoms with Crippen LogP contribution in [0.15, 0.2) is 24.3 Å². The quantitative estimate of drug-likeness (QED) is 0.0197. The van der Waals surface area contributed by atoms with Gasteiger partial charge in [0.25, 0.3) is 0 Å². The molecule has 0 aliphatic rings. The number of esters is 3. The number of phosphoric ester groups is 1. The molecule has 12 heteroatoms. The average Bonchev–Trinajstić information content (AvgIpc) is 3.39. The summed E-state index contributed by atoms with van der Waals surface area (Å²) in [6.07, 6.45) is 58.4. The number of aliphatic hydroxyl groups excluding tert-OH is 1. The smallest absolute Gasteiger partial charge is 0.462 e. The van der Waals surface area contributed by atoms with Gasteiger partial charge in [-0.05, 0) is 70.6 Å². The summed E-state index contributed by atoms with van der Waals surface area (Å²) in [7, 11) is -4.75. The first-order chi connectivity index (χ1) is 36.2. The van der Waals surface area contributed by atoms with E-state index in [4.69, 9.17) is 23.3 Å². The van der Waals surface area contributed by atoms with Crippen molar-refractivity contribution in [3.63, 3.8) is 0 Å². The van der Waals surface area contributed by atoms with Crippen molar-refractivity contribution in [1.29, 1.82) is 0 Å². The Hall–Kier alpha value is -2.04. The Morgan fingerprint density at radius 3 is 0.932 bits per heavy atom. The Morgan fingerprint density at radius 1 is 0.365 bits per heavy atom. The Bertz CT molecular complexity index is 1340. The summed E-state index contributed by atoms with van der Waals surface area (Å²) in [6.45, 7) is 4.69. The zero-order valence-corrected chi connectivity index (χ0v) is 49.2. The van der Waals surface area contributed by atoms with Crippen LogP contribution >= 0.6 is 7.82 Å². The summed E-state index contributed by atoms with van der Waals surface area (Å²) in [5.41, 5.74) is 0. The first-order valence-electron chi connectivity index (χ1n) is 31.2. The van der Waals surface area contributed by atoms with Crippen LogP contribution in [0.5, 0.6) is 0 Å². The molecule has 0 aromatic rings. The minimum atomic E-state index is -4.75. The van der Waals surface area contributed by atoms with Gasteiger partial charge in [-0.3, -0.25) is 23.4 Å². The van der Waals surface area contributed by atoms with Gasteiger partial charge in [-0.15, -0.1) is 0 Å². The van der Waals surface area contributed by atoms with Crippen LogP contribution in [0.25, 0.3) is 0 Å². The number of aliphatic hydroxyl groups is 1. The van der Waals surface area contributed by atoms with Crippen molar-refractivity contribution in [3.05, 3.63) is 24.3 Å². The number of rotatable bonds is 59. The van der Waals surface area contributed by atoms with Crippen molar-refractivity contribution in [3.8, 4) is 0 Å². The van der Waals surface area contributed by atoms with Crippen molar-refractivity contribution in [2.45, 2.75) is 328 Å². The number of hydrogen-bond acceptors (Lipinski definition) is 10. The number of phosphoric acid groups is 1. The molecule has 74 heavy (non-hydrogen) atoms. The summed E-state index contributed by atoms with van der Waals surface area (Å²) in [6, 6.07) is 0. The number of carbonyl (C=O) groups is 3. The third-order valence-electron chi connectivity index (χ3n) is 13.8. The standard InChI is InChI=1S/C62H117O11P/c1-4-7-10-13-16-19-22-25-28-29-32-33-36-39-42-45-48-51-60(64)69-55-59(73-62(66)53-50-47-44-41-38-35-31-27-24-21-18-15-12-9-6-3)57-71-74(67,68)70-56-58(54-63)72-61(65)52-49-46-43-40-37-34-30-26-23-20-17-14-11-8-5-2/h25,27-28,31,58-59,63H,4-24,26,29-30,32-57H2,1-3H3,(H,67,68)/b28-25-,31-27-. The molecular formula is C62H117O11P. The van der Waals surface area contributed by atoms with Gasteiger partial charge in [-0.1, -0.05) is 251 Å². The molecular weight excluding hydrogens is 952 g/mol. The topological polar surface area (TPSA) is 155 Å². The van der Waals surface area contributed by atoms with Crippen LogP contribution in [-0.4, -0.2) is 66.5 Å². The lowest BCUT2D eigenvalue weighted by Gasteiger charge is -2.21. The van der Waals surface area contributed by atoms with E-state index in [0.29, 0.717) is 19.3 Å². The lowest BCUT2D eigenvalue weighted by Crippen LogP contribution is -2.30. The van der Waals surface area contributed by atoms with Crippen LogP contribution in [0.3, 0.4) is 0 Å². The molecule has 0 rings (SSSR count). The van der Waals surface area contributed by atoms with Crippen LogP contribution in [0.1, 0.15) is 316 Å². The van der Waals surface area contributed by atoms with Crippen LogP contribution in [0.4, 0.5) is 0 Å². The predicted octanol–water partition coefficient (Wildman–Crippen LogP) is 18.6. The summed E-state index contributed by atoms with van der Waals surface area (Å²) in [5.74, 6) is -1.45. The van der Waals surface area contributed by atoms with Gasteiger partial charge in [-0.2, -0.15) is 0 Å². The third kappa shape index (κ3) is 54.7. The van der Waals surface area contributed by atoms with E-state index in [0.717, 1.165) is 83.5 Å². The van der Waals surface area contributed by atoms with Gasteiger partial charge >= 0.3 is 25.7 Å². The minimum absolute atomic E-state index is 0.162. The van der Waals surface area contributed by atoms with E-state index in [2.05, 4.69) is 45.1 Å². The van der Waals surface area contributed by atoms with Crippen molar-refractivity contribution < 1.29 is 52.2 Å². The molecule has 3 atom stereocenters. The number of ether oxygens (including phenoxy) is 3. The summed E-state index contributed by atoms with van der Waals surface area (Å²) in [5, 5.41) is 9.83. The number of unbranched alkanes of at least 4 members (excludes halogenated alkanes) is 38. The van der Waals surface area contributed by atoms with Crippen LogP contribution in [0, 0.1) is 0 Å². The molecule has 11 nitrogen and oxygen atoms in total. The fourth-order valence-electron chi connectivity index (χ4n) is 9.05. The second kappa shape index (κ2) is 57.1. The van der Waals surface area contributed by atoms with E-state index in [1.807, 2.05) is 0 Å². The highest BCUT2D eigenvalue weighted by Gasteiger charge is 2.28. The van der Waals surface area contributed by atoms with Gasteiger partial charge < -0.3 is 24.2 Å². The molecule has 0 aliphatic heterocycles. The molecule has 3 unspecified atom stereocenters. The van der Waals surface area contributed by atoms with Gasteiger partial charge in [0, 0.05) is 19.3 Å². The maximum absolute atomic E-state index is 12.9. The van der Waals surface area contributed by atoms with E-state index in [-0.39, 0.29) is 25.9 Å². The minimum Gasteiger partial charge on any atom is -0.462 e. The monoisotopic (exact) mass is 1070 g/mol. The number of hydrogen-bond donors (Lipinski definition) is 2. The van der Waals surface area contributed by atoms with Crippen LogP contribution in [0.2, 0.25) is 0 Å². The normalized spacial score (nSPS) is 13.4. The predicted molar refractivity (Wildman–Crippen MR) is 307 cm³/mol. The fourth-order valence-corrected chi connectivity index (χ4v) is 9.84. The third-order valence-corrected chi connectivity index (χ3v) is 14.8. The molecule has 2 N–H and O–H groups in total. The Kier molecular flexibility index (Phi) is 55.6. The van der Waals surface area contributed by atoms with E-state index < -0.39 is 57.8 Å². The van der Waals surface area contributed by atoms with Gasteiger partial charge in [0.2, 0.25) is 0 Å². The first kappa shape index (κ1) is 72.0. The molecule has 0 aliphatic carbocycles. The SMILES string of the molecule is CCCCCCCC/C=C\CCCCCCCCCC(=O)OCC(COP(=O)(O)OCC(CO)OC(=O)CCCCCCCCCCCCCCCCC)OC(=O)CCCCCCC/C=C\CCCCCCCC. The van der Waals surface area contributed by atoms with Crippen molar-refractivity contribution in [1.82, 2.24) is 0 Å². The molecule has 0 aromatic heterocycles. The summed E-state index contributed by atoms with van der Waals surface area (Å²) >= 11 is 0.